The van der Waals surface area contributed by atoms with Crippen molar-refractivity contribution in [1.82, 2.24) is 9.97 Å². The van der Waals surface area contributed by atoms with Crippen LogP contribution in [0.1, 0.15) is 38.1 Å². The van der Waals surface area contributed by atoms with Gasteiger partial charge in [-0.1, -0.05) is 32.9 Å². The summed E-state index contributed by atoms with van der Waals surface area (Å²) in [5.41, 5.74) is 2.37. The lowest BCUT2D eigenvalue weighted by molar-refractivity contribution is 0.771. The maximum Gasteiger partial charge on any atom is 0.135 e. The van der Waals surface area contributed by atoms with Crippen molar-refractivity contribution in [2.45, 2.75) is 33.1 Å². The molecule has 2 rings (SSSR count). The van der Waals surface area contributed by atoms with Gasteiger partial charge < -0.3 is 5.32 Å². The van der Waals surface area contributed by atoms with Gasteiger partial charge in [-0.25, -0.2) is 9.97 Å². The van der Waals surface area contributed by atoms with E-state index in [1.54, 1.807) is 0 Å². The number of nitrogens with zero attached hydrogens (tertiary/aromatic N) is 2. The first-order valence-electron chi connectivity index (χ1n) is 6.49. The molecule has 0 aliphatic heterocycles. The third-order valence-electron chi connectivity index (χ3n) is 2.86. The highest BCUT2D eigenvalue weighted by Crippen LogP contribution is 2.21. The Hall–Kier alpha value is -1.42. The van der Waals surface area contributed by atoms with E-state index in [1.165, 1.54) is 5.56 Å². The van der Waals surface area contributed by atoms with E-state index in [9.17, 15) is 0 Å². The second-order valence-corrected chi connectivity index (χ2v) is 5.58. The monoisotopic (exact) mass is 319 g/mol. The van der Waals surface area contributed by atoms with Crippen molar-refractivity contribution in [2.75, 3.05) is 5.32 Å². The van der Waals surface area contributed by atoms with Gasteiger partial charge in [0.25, 0.3) is 0 Å². The molecule has 0 radical (unpaired) electrons. The fourth-order valence-corrected chi connectivity index (χ4v) is 2.13. The molecule has 0 atom stereocenters. The minimum absolute atomic E-state index is 0.306. The van der Waals surface area contributed by atoms with Crippen LogP contribution in [0.25, 0.3) is 0 Å². The lowest BCUT2D eigenvalue weighted by Gasteiger charge is -2.10. The predicted octanol–water partition coefficient (Wildman–Crippen LogP) is 4.67. The number of anilines is 2. The molecule has 4 heteroatoms. The standard InChI is InChI=1S/C15H18BrN3/c1-4-11-5-7-12(8-6-11)17-14-9-13(16)18-15(19-14)10(2)3/h5-10H,4H2,1-3H3,(H,17,18,19). The molecular weight excluding hydrogens is 302 g/mol. The molecule has 0 amide bonds. The Morgan fingerprint density at radius 3 is 2.42 bits per heavy atom. The summed E-state index contributed by atoms with van der Waals surface area (Å²) >= 11 is 3.43. The molecule has 0 spiro atoms. The number of halogens is 1. The zero-order valence-corrected chi connectivity index (χ0v) is 13.0. The Morgan fingerprint density at radius 1 is 1.16 bits per heavy atom. The summed E-state index contributed by atoms with van der Waals surface area (Å²) in [6.07, 6.45) is 1.05. The van der Waals surface area contributed by atoms with Crippen LogP contribution in [-0.4, -0.2) is 9.97 Å². The van der Waals surface area contributed by atoms with E-state index in [0.29, 0.717) is 5.92 Å². The van der Waals surface area contributed by atoms with Gasteiger partial charge in [0.05, 0.1) is 0 Å². The van der Waals surface area contributed by atoms with E-state index in [4.69, 9.17) is 0 Å². The lowest BCUT2D eigenvalue weighted by Crippen LogP contribution is -2.02. The van der Waals surface area contributed by atoms with Gasteiger partial charge in [-0.3, -0.25) is 0 Å². The Labute approximate surface area is 122 Å². The molecule has 100 valence electrons. The number of hydrogen-bond acceptors (Lipinski definition) is 3. The maximum atomic E-state index is 4.52. The van der Waals surface area contributed by atoms with Crippen LogP contribution >= 0.6 is 15.9 Å². The van der Waals surface area contributed by atoms with Crippen molar-refractivity contribution in [3.05, 3.63) is 46.3 Å². The van der Waals surface area contributed by atoms with Gasteiger partial charge in [-0.15, -0.1) is 0 Å². The smallest absolute Gasteiger partial charge is 0.135 e. The Morgan fingerprint density at radius 2 is 1.84 bits per heavy atom. The lowest BCUT2D eigenvalue weighted by atomic mass is 10.1. The molecule has 1 heterocycles. The van der Waals surface area contributed by atoms with Gasteiger partial charge in [-0.2, -0.15) is 0 Å². The highest BCUT2D eigenvalue weighted by Gasteiger charge is 2.07. The Balaban J connectivity index is 2.22. The first-order valence-corrected chi connectivity index (χ1v) is 7.28. The summed E-state index contributed by atoms with van der Waals surface area (Å²) in [6.45, 7) is 6.32. The Kier molecular flexibility index (Phi) is 4.53. The molecular formula is C15H18BrN3. The number of rotatable bonds is 4. The third-order valence-corrected chi connectivity index (χ3v) is 3.27. The zero-order valence-electron chi connectivity index (χ0n) is 11.4. The van der Waals surface area contributed by atoms with Gasteiger partial charge >= 0.3 is 0 Å². The van der Waals surface area contributed by atoms with Gasteiger partial charge in [0.2, 0.25) is 0 Å². The fourth-order valence-electron chi connectivity index (χ4n) is 1.73. The van der Waals surface area contributed by atoms with Crippen LogP contribution < -0.4 is 5.32 Å². The average molecular weight is 320 g/mol. The summed E-state index contributed by atoms with van der Waals surface area (Å²) < 4.78 is 0.805. The molecule has 3 nitrogen and oxygen atoms in total. The molecule has 0 aliphatic carbocycles. The van der Waals surface area contributed by atoms with E-state index >= 15 is 0 Å². The van der Waals surface area contributed by atoms with E-state index in [-0.39, 0.29) is 0 Å². The minimum Gasteiger partial charge on any atom is -0.340 e. The van der Waals surface area contributed by atoms with E-state index in [2.05, 4.69) is 76.3 Å². The second kappa shape index (κ2) is 6.15. The van der Waals surface area contributed by atoms with Crippen LogP contribution in [0.3, 0.4) is 0 Å². The molecule has 1 aromatic heterocycles. The summed E-state index contributed by atoms with van der Waals surface area (Å²) in [4.78, 5) is 8.89. The zero-order chi connectivity index (χ0) is 13.8. The van der Waals surface area contributed by atoms with Crippen molar-refractivity contribution in [3.8, 4) is 0 Å². The SMILES string of the molecule is CCc1ccc(Nc2cc(Br)nc(C(C)C)n2)cc1. The molecule has 0 saturated heterocycles. The van der Waals surface area contributed by atoms with Crippen molar-refractivity contribution in [3.63, 3.8) is 0 Å². The number of aromatic nitrogens is 2. The number of nitrogens with one attached hydrogen (secondary N) is 1. The molecule has 1 aromatic carbocycles. The number of aryl methyl sites for hydroxylation is 1. The van der Waals surface area contributed by atoms with Crippen LogP contribution in [0.5, 0.6) is 0 Å². The van der Waals surface area contributed by atoms with Crippen LogP contribution in [0.2, 0.25) is 0 Å². The van der Waals surface area contributed by atoms with Crippen LogP contribution in [0.4, 0.5) is 11.5 Å². The summed E-state index contributed by atoms with van der Waals surface area (Å²) in [5.74, 6) is 1.96. The summed E-state index contributed by atoms with van der Waals surface area (Å²) in [5, 5.41) is 3.31. The van der Waals surface area contributed by atoms with Crippen molar-refractivity contribution in [1.29, 1.82) is 0 Å². The molecule has 0 aliphatic rings. The Bertz CT molecular complexity index is 550. The molecule has 0 bridgehead atoms. The highest BCUT2D eigenvalue weighted by molar-refractivity contribution is 9.10. The number of hydrogen-bond donors (Lipinski definition) is 1. The maximum absolute atomic E-state index is 4.52. The van der Waals surface area contributed by atoms with Gasteiger partial charge in [0.15, 0.2) is 0 Å². The van der Waals surface area contributed by atoms with Crippen LogP contribution in [0.15, 0.2) is 34.9 Å². The van der Waals surface area contributed by atoms with Gasteiger partial charge in [0.1, 0.15) is 16.2 Å². The van der Waals surface area contributed by atoms with E-state index < -0.39 is 0 Å². The van der Waals surface area contributed by atoms with Crippen molar-refractivity contribution in [2.24, 2.45) is 0 Å². The quantitative estimate of drug-likeness (QED) is 0.832. The summed E-state index contributed by atoms with van der Waals surface area (Å²) in [6, 6.07) is 10.3. The normalized spacial score (nSPS) is 10.8. The van der Waals surface area contributed by atoms with Crippen molar-refractivity contribution >= 4 is 27.4 Å². The fraction of sp³-hybridized carbons (Fsp3) is 0.333. The topological polar surface area (TPSA) is 37.8 Å². The molecule has 2 aromatic rings. The third kappa shape index (κ3) is 3.77. The molecule has 19 heavy (non-hydrogen) atoms. The van der Waals surface area contributed by atoms with E-state index in [0.717, 1.165) is 28.4 Å². The average Bonchev–Trinajstić information content (AvgIpc) is 2.39. The molecule has 0 fully saturated rings. The second-order valence-electron chi connectivity index (χ2n) is 4.76. The molecule has 0 unspecified atom stereocenters. The molecule has 0 saturated carbocycles. The van der Waals surface area contributed by atoms with Gasteiger partial charge in [-0.05, 0) is 40.0 Å². The van der Waals surface area contributed by atoms with E-state index in [1.807, 2.05) is 6.07 Å². The number of benzene rings is 1. The summed E-state index contributed by atoms with van der Waals surface area (Å²) in [7, 11) is 0. The first kappa shape index (κ1) is 14.0. The van der Waals surface area contributed by atoms with Crippen LogP contribution in [-0.2, 0) is 6.42 Å². The molecule has 1 N–H and O–H groups in total. The van der Waals surface area contributed by atoms with Gasteiger partial charge in [0, 0.05) is 17.7 Å². The first-order chi connectivity index (χ1) is 9.08. The minimum atomic E-state index is 0.306. The van der Waals surface area contributed by atoms with Crippen LogP contribution in [0, 0.1) is 0 Å². The highest BCUT2D eigenvalue weighted by atomic mass is 79.9. The predicted molar refractivity (Wildman–Crippen MR) is 82.9 cm³/mol. The van der Waals surface area contributed by atoms with Crippen molar-refractivity contribution < 1.29 is 0 Å². The largest absolute Gasteiger partial charge is 0.340 e.